The molecule has 0 radical (unpaired) electrons. The highest BCUT2D eigenvalue weighted by Gasteiger charge is 2.11. The molecule has 1 aromatic carbocycles. The molecule has 0 aliphatic heterocycles. The molecule has 2 aromatic rings. The van der Waals surface area contributed by atoms with Crippen LogP contribution in [0.3, 0.4) is 0 Å². The Hall–Kier alpha value is -2.08. The molecule has 0 bridgehead atoms. The van der Waals surface area contributed by atoms with Crippen LogP contribution >= 0.6 is 0 Å². The number of nitrogens with zero attached hydrogens (tertiary/aromatic N) is 2. The molecule has 0 saturated heterocycles. The number of ether oxygens (including phenoxy) is 2. The van der Waals surface area contributed by atoms with E-state index >= 15 is 0 Å². The lowest BCUT2D eigenvalue weighted by Gasteiger charge is -2.13. The van der Waals surface area contributed by atoms with Crippen LogP contribution in [-0.4, -0.2) is 24.4 Å². The Bertz CT molecular complexity index is 527. The Morgan fingerprint density at radius 1 is 1.32 bits per heavy atom. The maximum absolute atomic E-state index is 5.38. The summed E-state index contributed by atoms with van der Waals surface area (Å²) in [6.45, 7) is 2.32. The second kappa shape index (κ2) is 6.19. The van der Waals surface area contributed by atoms with Crippen molar-refractivity contribution in [2.24, 2.45) is 0 Å². The summed E-state index contributed by atoms with van der Waals surface area (Å²) in [6, 6.07) is 8.22. The van der Waals surface area contributed by atoms with Gasteiger partial charge in [-0.3, -0.25) is 0 Å². The zero-order chi connectivity index (χ0) is 13.7. The molecule has 1 aromatic heterocycles. The average Bonchev–Trinajstić information content (AvgIpc) is 2.86. The van der Waals surface area contributed by atoms with Crippen molar-refractivity contribution in [1.82, 2.24) is 10.2 Å². The number of hydrogen-bond acceptors (Lipinski definition) is 6. The minimum atomic E-state index is 0.0333. The van der Waals surface area contributed by atoms with Crippen LogP contribution in [0, 0.1) is 0 Å². The summed E-state index contributed by atoms with van der Waals surface area (Å²) in [5.74, 6) is 1.26. The first-order valence-electron chi connectivity index (χ1n) is 5.94. The molecule has 102 valence electrons. The van der Waals surface area contributed by atoms with E-state index in [-0.39, 0.29) is 6.04 Å². The maximum Gasteiger partial charge on any atom is 0.316 e. The predicted molar refractivity (Wildman–Crippen MR) is 70.0 cm³/mol. The SMILES string of the molecule is COCc1nnc(N[C@H](C)c2cccc(OC)c2)o1. The average molecular weight is 263 g/mol. The van der Waals surface area contributed by atoms with Gasteiger partial charge >= 0.3 is 6.01 Å². The molecular weight excluding hydrogens is 246 g/mol. The third-order valence-corrected chi connectivity index (χ3v) is 2.67. The maximum atomic E-state index is 5.38. The summed E-state index contributed by atoms with van der Waals surface area (Å²) in [4.78, 5) is 0. The van der Waals surface area contributed by atoms with E-state index in [0.717, 1.165) is 11.3 Å². The van der Waals surface area contributed by atoms with Gasteiger partial charge in [0.15, 0.2) is 0 Å². The molecule has 0 spiro atoms. The van der Waals surface area contributed by atoms with E-state index in [1.165, 1.54) is 0 Å². The van der Waals surface area contributed by atoms with Crippen LogP contribution in [0.1, 0.15) is 24.4 Å². The van der Waals surface area contributed by atoms with E-state index in [0.29, 0.717) is 18.5 Å². The van der Waals surface area contributed by atoms with E-state index in [4.69, 9.17) is 13.9 Å². The Labute approximate surface area is 111 Å². The number of rotatable bonds is 6. The van der Waals surface area contributed by atoms with Gasteiger partial charge in [0.05, 0.1) is 13.2 Å². The molecular formula is C13H17N3O3. The fraction of sp³-hybridized carbons (Fsp3) is 0.385. The van der Waals surface area contributed by atoms with Gasteiger partial charge in [-0.2, -0.15) is 0 Å². The van der Waals surface area contributed by atoms with Crippen LogP contribution in [0.15, 0.2) is 28.7 Å². The highest BCUT2D eigenvalue weighted by molar-refractivity contribution is 5.34. The number of aromatic nitrogens is 2. The van der Waals surface area contributed by atoms with Crippen LogP contribution in [0.4, 0.5) is 6.01 Å². The molecule has 0 aliphatic carbocycles. The first kappa shape index (κ1) is 13.4. The Morgan fingerprint density at radius 2 is 2.16 bits per heavy atom. The van der Waals surface area contributed by atoms with Gasteiger partial charge in [-0.25, -0.2) is 0 Å². The van der Waals surface area contributed by atoms with Crippen LogP contribution < -0.4 is 10.1 Å². The van der Waals surface area contributed by atoms with Crippen molar-refractivity contribution >= 4 is 6.01 Å². The number of benzene rings is 1. The first-order valence-corrected chi connectivity index (χ1v) is 5.94. The molecule has 0 amide bonds. The van der Waals surface area contributed by atoms with E-state index in [2.05, 4.69) is 15.5 Å². The molecule has 0 saturated carbocycles. The Morgan fingerprint density at radius 3 is 2.89 bits per heavy atom. The van der Waals surface area contributed by atoms with Crippen LogP contribution in [0.5, 0.6) is 5.75 Å². The van der Waals surface area contributed by atoms with Crippen molar-refractivity contribution in [2.45, 2.75) is 19.6 Å². The largest absolute Gasteiger partial charge is 0.497 e. The number of methoxy groups -OCH3 is 2. The smallest absolute Gasteiger partial charge is 0.316 e. The molecule has 2 rings (SSSR count). The zero-order valence-corrected chi connectivity index (χ0v) is 11.2. The summed E-state index contributed by atoms with van der Waals surface area (Å²) in [5, 5.41) is 10.9. The van der Waals surface area contributed by atoms with E-state index in [9.17, 15) is 0 Å². The molecule has 1 atom stereocenters. The lowest BCUT2D eigenvalue weighted by molar-refractivity contribution is 0.160. The summed E-state index contributed by atoms with van der Waals surface area (Å²) in [7, 11) is 3.22. The Kier molecular flexibility index (Phi) is 4.35. The molecule has 0 fully saturated rings. The number of nitrogens with one attached hydrogen (secondary N) is 1. The van der Waals surface area contributed by atoms with E-state index in [1.807, 2.05) is 31.2 Å². The number of hydrogen-bond donors (Lipinski definition) is 1. The van der Waals surface area contributed by atoms with Crippen molar-refractivity contribution < 1.29 is 13.9 Å². The van der Waals surface area contributed by atoms with Gasteiger partial charge in [-0.1, -0.05) is 17.2 Å². The van der Waals surface area contributed by atoms with Crippen LogP contribution in [0.2, 0.25) is 0 Å². The standard InChI is InChI=1S/C13H17N3O3/c1-9(10-5-4-6-11(7-10)18-3)14-13-16-15-12(19-13)8-17-2/h4-7,9H,8H2,1-3H3,(H,14,16)/t9-/m1/s1. The second-order valence-electron chi connectivity index (χ2n) is 4.08. The zero-order valence-electron chi connectivity index (χ0n) is 11.2. The molecule has 6 nitrogen and oxygen atoms in total. The predicted octanol–water partition coefficient (Wildman–Crippen LogP) is 2.40. The van der Waals surface area contributed by atoms with E-state index in [1.54, 1.807) is 14.2 Å². The van der Waals surface area contributed by atoms with Gasteiger partial charge in [0.1, 0.15) is 12.4 Å². The molecule has 1 N–H and O–H groups in total. The van der Waals surface area contributed by atoms with Gasteiger partial charge in [-0.05, 0) is 24.6 Å². The number of anilines is 1. The van der Waals surface area contributed by atoms with Gasteiger partial charge in [0.25, 0.3) is 0 Å². The van der Waals surface area contributed by atoms with Crippen LogP contribution in [0.25, 0.3) is 0 Å². The monoisotopic (exact) mass is 263 g/mol. The third-order valence-electron chi connectivity index (χ3n) is 2.67. The minimum Gasteiger partial charge on any atom is -0.497 e. The quantitative estimate of drug-likeness (QED) is 0.863. The summed E-state index contributed by atoms with van der Waals surface area (Å²) in [5.41, 5.74) is 1.07. The van der Waals surface area contributed by atoms with Crippen molar-refractivity contribution in [2.75, 3.05) is 19.5 Å². The fourth-order valence-corrected chi connectivity index (χ4v) is 1.67. The summed E-state index contributed by atoms with van der Waals surface area (Å²) >= 11 is 0. The first-order chi connectivity index (χ1) is 9.22. The molecule has 0 unspecified atom stereocenters. The summed E-state index contributed by atoms with van der Waals surface area (Å²) in [6.07, 6.45) is 0. The topological polar surface area (TPSA) is 69.4 Å². The van der Waals surface area contributed by atoms with Crippen LogP contribution in [-0.2, 0) is 11.3 Å². The van der Waals surface area contributed by atoms with Gasteiger partial charge in [0.2, 0.25) is 5.89 Å². The highest BCUT2D eigenvalue weighted by atomic mass is 16.5. The van der Waals surface area contributed by atoms with Crippen molar-refractivity contribution in [3.63, 3.8) is 0 Å². The van der Waals surface area contributed by atoms with Crippen molar-refractivity contribution in [3.8, 4) is 5.75 Å². The summed E-state index contributed by atoms with van der Waals surface area (Å²) < 4.78 is 15.5. The molecule has 6 heteroatoms. The third kappa shape index (κ3) is 3.45. The molecule has 1 heterocycles. The molecule has 19 heavy (non-hydrogen) atoms. The van der Waals surface area contributed by atoms with Crippen molar-refractivity contribution in [1.29, 1.82) is 0 Å². The Balaban J connectivity index is 2.04. The second-order valence-corrected chi connectivity index (χ2v) is 4.08. The van der Waals surface area contributed by atoms with Gasteiger partial charge in [-0.15, -0.1) is 5.10 Å². The lowest BCUT2D eigenvalue weighted by Crippen LogP contribution is -2.06. The molecule has 0 aliphatic rings. The fourth-order valence-electron chi connectivity index (χ4n) is 1.67. The normalized spacial score (nSPS) is 12.2. The van der Waals surface area contributed by atoms with Gasteiger partial charge < -0.3 is 19.2 Å². The minimum absolute atomic E-state index is 0.0333. The van der Waals surface area contributed by atoms with E-state index < -0.39 is 0 Å². The lowest BCUT2D eigenvalue weighted by atomic mass is 10.1. The highest BCUT2D eigenvalue weighted by Crippen LogP contribution is 2.22. The van der Waals surface area contributed by atoms with Gasteiger partial charge in [0, 0.05) is 7.11 Å². The van der Waals surface area contributed by atoms with Crippen molar-refractivity contribution in [3.05, 3.63) is 35.7 Å².